The SMILES string of the molecule is CC(=O)Nc1cccc(Nc2nc(C)c(Cc3ccccc3)c(=O)[nH]2)c1. The van der Waals surface area contributed by atoms with Crippen LogP contribution in [0, 0.1) is 6.92 Å². The minimum atomic E-state index is -0.165. The molecule has 2 aromatic carbocycles. The van der Waals surface area contributed by atoms with E-state index in [-0.39, 0.29) is 11.5 Å². The molecule has 3 N–H and O–H groups in total. The quantitative estimate of drug-likeness (QED) is 0.660. The first-order valence-corrected chi connectivity index (χ1v) is 8.29. The van der Waals surface area contributed by atoms with Crippen LogP contribution in [0.15, 0.2) is 59.4 Å². The van der Waals surface area contributed by atoms with Gasteiger partial charge in [-0.2, -0.15) is 0 Å². The van der Waals surface area contributed by atoms with E-state index in [1.54, 1.807) is 12.1 Å². The van der Waals surface area contributed by atoms with Crippen LogP contribution in [0.4, 0.5) is 17.3 Å². The van der Waals surface area contributed by atoms with Crippen LogP contribution in [0.1, 0.15) is 23.7 Å². The summed E-state index contributed by atoms with van der Waals surface area (Å²) in [5.41, 5.74) is 3.61. The highest BCUT2D eigenvalue weighted by atomic mass is 16.1. The van der Waals surface area contributed by atoms with Crippen molar-refractivity contribution in [1.82, 2.24) is 9.97 Å². The Labute approximate surface area is 151 Å². The largest absolute Gasteiger partial charge is 0.326 e. The fourth-order valence-electron chi connectivity index (χ4n) is 2.69. The number of rotatable bonds is 5. The maximum absolute atomic E-state index is 12.5. The summed E-state index contributed by atoms with van der Waals surface area (Å²) >= 11 is 0. The van der Waals surface area contributed by atoms with E-state index in [0.29, 0.717) is 29.3 Å². The van der Waals surface area contributed by atoms with Crippen molar-refractivity contribution in [3.05, 3.63) is 81.8 Å². The summed E-state index contributed by atoms with van der Waals surface area (Å²) in [6.45, 7) is 3.28. The molecule has 3 aromatic rings. The van der Waals surface area contributed by atoms with E-state index in [1.807, 2.05) is 49.4 Å². The number of aryl methyl sites for hydroxylation is 1. The molecule has 0 saturated heterocycles. The molecule has 0 aliphatic rings. The highest BCUT2D eigenvalue weighted by molar-refractivity contribution is 5.89. The zero-order valence-corrected chi connectivity index (χ0v) is 14.7. The van der Waals surface area contributed by atoms with Gasteiger partial charge in [0, 0.05) is 30.3 Å². The Bertz CT molecular complexity index is 981. The molecule has 6 nitrogen and oxygen atoms in total. The van der Waals surface area contributed by atoms with Gasteiger partial charge in [-0.3, -0.25) is 14.6 Å². The summed E-state index contributed by atoms with van der Waals surface area (Å²) in [6, 6.07) is 17.0. The molecule has 1 amide bonds. The van der Waals surface area contributed by atoms with Gasteiger partial charge in [0.05, 0.1) is 5.69 Å². The Balaban J connectivity index is 1.82. The summed E-state index contributed by atoms with van der Waals surface area (Å²) in [4.78, 5) is 30.9. The Hall–Kier alpha value is -3.41. The molecule has 26 heavy (non-hydrogen) atoms. The normalized spacial score (nSPS) is 10.4. The first-order chi connectivity index (χ1) is 12.5. The molecule has 1 heterocycles. The van der Waals surface area contributed by atoms with Crippen molar-refractivity contribution in [3.63, 3.8) is 0 Å². The molecule has 0 saturated carbocycles. The number of nitrogens with zero attached hydrogens (tertiary/aromatic N) is 1. The third-order valence-corrected chi connectivity index (χ3v) is 3.89. The van der Waals surface area contributed by atoms with Gasteiger partial charge in [-0.25, -0.2) is 4.98 Å². The van der Waals surface area contributed by atoms with E-state index in [1.165, 1.54) is 6.92 Å². The number of anilines is 3. The first kappa shape index (κ1) is 17.4. The lowest BCUT2D eigenvalue weighted by molar-refractivity contribution is -0.114. The van der Waals surface area contributed by atoms with Gasteiger partial charge in [-0.1, -0.05) is 36.4 Å². The molecule has 6 heteroatoms. The maximum Gasteiger partial charge on any atom is 0.256 e. The molecule has 0 bridgehead atoms. The smallest absolute Gasteiger partial charge is 0.256 e. The van der Waals surface area contributed by atoms with Crippen LogP contribution in [0.2, 0.25) is 0 Å². The van der Waals surface area contributed by atoms with E-state index in [0.717, 1.165) is 11.3 Å². The summed E-state index contributed by atoms with van der Waals surface area (Å²) in [7, 11) is 0. The number of nitrogens with one attached hydrogen (secondary N) is 3. The second-order valence-corrected chi connectivity index (χ2v) is 6.03. The first-order valence-electron chi connectivity index (χ1n) is 8.29. The lowest BCUT2D eigenvalue weighted by Crippen LogP contribution is -2.18. The van der Waals surface area contributed by atoms with Gasteiger partial charge in [0.1, 0.15) is 0 Å². The maximum atomic E-state index is 12.5. The fraction of sp³-hybridized carbons (Fsp3) is 0.150. The zero-order chi connectivity index (χ0) is 18.5. The topological polar surface area (TPSA) is 86.9 Å². The number of amides is 1. The van der Waals surface area contributed by atoms with Gasteiger partial charge in [0.25, 0.3) is 5.56 Å². The van der Waals surface area contributed by atoms with Crippen LogP contribution in [0.3, 0.4) is 0 Å². The van der Waals surface area contributed by atoms with Gasteiger partial charge < -0.3 is 10.6 Å². The predicted molar refractivity (Wildman–Crippen MR) is 103 cm³/mol. The molecule has 0 fully saturated rings. The van der Waals surface area contributed by atoms with Crippen LogP contribution >= 0.6 is 0 Å². The van der Waals surface area contributed by atoms with Crippen LogP contribution < -0.4 is 16.2 Å². The molecule has 0 aliphatic carbocycles. The molecule has 0 unspecified atom stereocenters. The summed E-state index contributed by atoms with van der Waals surface area (Å²) in [5, 5.41) is 5.79. The zero-order valence-electron chi connectivity index (χ0n) is 14.7. The van der Waals surface area contributed by atoms with Crippen molar-refractivity contribution in [3.8, 4) is 0 Å². The number of carbonyl (C=O) groups is 1. The van der Waals surface area contributed by atoms with Crippen LogP contribution in [0.5, 0.6) is 0 Å². The van der Waals surface area contributed by atoms with Crippen LogP contribution in [-0.4, -0.2) is 15.9 Å². The lowest BCUT2D eigenvalue weighted by atomic mass is 10.1. The van der Waals surface area contributed by atoms with E-state index in [9.17, 15) is 9.59 Å². The van der Waals surface area contributed by atoms with E-state index in [2.05, 4.69) is 20.6 Å². The number of carbonyl (C=O) groups excluding carboxylic acids is 1. The summed E-state index contributed by atoms with van der Waals surface area (Å²) in [5.74, 6) is 0.221. The van der Waals surface area contributed by atoms with E-state index < -0.39 is 0 Å². The summed E-state index contributed by atoms with van der Waals surface area (Å²) < 4.78 is 0. The van der Waals surface area contributed by atoms with Crippen LogP contribution in [-0.2, 0) is 11.2 Å². The predicted octanol–water partition coefficient (Wildman–Crippen LogP) is 3.37. The van der Waals surface area contributed by atoms with E-state index in [4.69, 9.17) is 0 Å². The molecule has 1 aromatic heterocycles. The lowest BCUT2D eigenvalue weighted by Gasteiger charge is -2.10. The molecule has 0 aliphatic heterocycles. The molecule has 0 radical (unpaired) electrons. The number of benzene rings is 2. The minimum Gasteiger partial charge on any atom is -0.326 e. The van der Waals surface area contributed by atoms with Gasteiger partial charge in [-0.05, 0) is 30.7 Å². The second kappa shape index (κ2) is 7.65. The van der Waals surface area contributed by atoms with Crippen molar-refractivity contribution >= 4 is 23.2 Å². The van der Waals surface area contributed by atoms with Crippen molar-refractivity contribution in [2.45, 2.75) is 20.3 Å². The molecule has 3 rings (SSSR count). The Morgan fingerprint density at radius 3 is 2.50 bits per heavy atom. The second-order valence-electron chi connectivity index (χ2n) is 6.03. The van der Waals surface area contributed by atoms with Crippen molar-refractivity contribution in [2.75, 3.05) is 10.6 Å². The van der Waals surface area contributed by atoms with Crippen molar-refractivity contribution < 1.29 is 4.79 Å². The van der Waals surface area contributed by atoms with Crippen molar-refractivity contribution in [1.29, 1.82) is 0 Å². The average Bonchev–Trinajstić information content (AvgIpc) is 2.59. The van der Waals surface area contributed by atoms with Gasteiger partial charge >= 0.3 is 0 Å². The van der Waals surface area contributed by atoms with E-state index >= 15 is 0 Å². The highest BCUT2D eigenvalue weighted by Crippen LogP contribution is 2.18. The molecule has 0 spiro atoms. The number of hydrogen-bond acceptors (Lipinski definition) is 4. The number of hydrogen-bond donors (Lipinski definition) is 3. The van der Waals surface area contributed by atoms with Gasteiger partial charge in [0.2, 0.25) is 11.9 Å². The summed E-state index contributed by atoms with van der Waals surface area (Å²) in [6.07, 6.45) is 0.535. The van der Waals surface area contributed by atoms with Gasteiger partial charge in [0.15, 0.2) is 0 Å². The third-order valence-electron chi connectivity index (χ3n) is 3.89. The number of aromatic nitrogens is 2. The molecule has 0 atom stereocenters. The molecular weight excluding hydrogens is 328 g/mol. The monoisotopic (exact) mass is 348 g/mol. The number of aromatic amines is 1. The minimum absolute atomic E-state index is 0.144. The standard InChI is InChI=1S/C20H20N4O2/c1-13-18(11-15-7-4-3-5-8-15)19(26)24-20(21-13)23-17-10-6-9-16(12-17)22-14(2)25/h3-10,12H,11H2,1-2H3,(H,22,25)(H2,21,23,24,26). The van der Waals surface area contributed by atoms with Crippen LogP contribution in [0.25, 0.3) is 0 Å². The average molecular weight is 348 g/mol. The third kappa shape index (κ3) is 4.36. The Kier molecular flexibility index (Phi) is 5.12. The highest BCUT2D eigenvalue weighted by Gasteiger charge is 2.09. The fourth-order valence-corrected chi connectivity index (χ4v) is 2.69. The number of H-pyrrole nitrogens is 1. The Morgan fingerprint density at radius 1 is 1.08 bits per heavy atom. The van der Waals surface area contributed by atoms with Gasteiger partial charge in [-0.15, -0.1) is 0 Å². The molecule has 132 valence electrons. The van der Waals surface area contributed by atoms with Crippen molar-refractivity contribution in [2.24, 2.45) is 0 Å². The molecular formula is C20H20N4O2. The Morgan fingerprint density at radius 2 is 1.81 bits per heavy atom.